The predicted octanol–water partition coefficient (Wildman–Crippen LogP) is -0.839. The van der Waals surface area contributed by atoms with Crippen LogP contribution in [0.1, 0.15) is 0 Å². The third kappa shape index (κ3) is 3.19. The molecule has 1 aliphatic rings. The van der Waals surface area contributed by atoms with E-state index in [1.807, 2.05) is 0 Å². The van der Waals surface area contributed by atoms with Crippen molar-refractivity contribution >= 4 is 17.4 Å². The van der Waals surface area contributed by atoms with Gasteiger partial charge in [-0.15, -0.1) is 0 Å². The van der Waals surface area contributed by atoms with E-state index in [-0.39, 0.29) is 0 Å². The first kappa shape index (κ1) is 14.6. The lowest BCUT2D eigenvalue weighted by Gasteiger charge is -2.39. The number of hydrogen-bond acceptors (Lipinski definition) is 7. The molecule has 3 unspecified atom stereocenters. The second-order valence-electron chi connectivity index (χ2n) is 4.38. The molecule has 2 rings (SSSR count). The Labute approximate surface area is 114 Å². The maximum Gasteiger partial charge on any atom is 0.136 e. The molecule has 1 heterocycles. The van der Waals surface area contributed by atoms with Crippen LogP contribution in [0, 0.1) is 0 Å². The third-order valence-corrected chi connectivity index (χ3v) is 4.15. The monoisotopic (exact) mass is 287 g/mol. The minimum absolute atomic E-state index is 0.427. The van der Waals surface area contributed by atoms with Crippen molar-refractivity contribution in [1.29, 1.82) is 0 Å². The van der Waals surface area contributed by atoms with Gasteiger partial charge in [0.25, 0.3) is 0 Å². The van der Waals surface area contributed by atoms with Gasteiger partial charge in [-0.2, -0.15) is 0 Å². The summed E-state index contributed by atoms with van der Waals surface area (Å²) in [6, 6.07) is 6.96. The van der Waals surface area contributed by atoms with E-state index in [2.05, 4.69) is 0 Å². The highest BCUT2D eigenvalue weighted by molar-refractivity contribution is 7.99. The molecule has 0 aromatic heterocycles. The van der Waals surface area contributed by atoms with E-state index in [0.29, 0.717) is 5.69 Å². The minimum atomic E-state index is -1.35. The Kier molecular flexibility index (Phi) is 4.67. The Hall–Kier alpha value is -0.830. The zero-order valence-electron chi connectivity index (χ0n) is 10.1. The quantitative estimate of drug-likeness (QED) is 0.460. The molecule has 1 saturated heterocycles. The van der Waals surface area contributed by atoms with Crippen LogP contribution < -0.4 is 5.73 Å². The van der Waals surface area contributed by atoms with E-state index in [1.165, 1.54) is 11.8 Å². The maximum atomic E-state index is 9.87. The summed E-state index contributed by atoms with van der Waals surface area (Å²) in [4.78, 5) is 0.804. The number of ether oxygens (including phenoxy) is 1. The Balaban J connectivity index is 2.08. The number of rotatable bonds is 3. The van der Waals surface area contributed by atoms with Gasteiger partial charge < -0.3 is 30.9 Å². The molecular formula is C12H17NO5S. The largest absolute Gasteiger partial charge is 0.399 e. The molecule has 1 aromatic rings. The van der Waals surface area contributed by atoms with Crippen LogP contribution in [0.3, 0.4) is 0 Å². The van der Waals surface area contributed by atoms with Crippen LogP contribution >= 0.6 is 11.8 Å². The Morgan fingerprint density at radius 2 is 1.68 bits per heavy atom. The molecule has 0 spiro atoms. The second-order valence-corrected chi connectivity index (χ2v) is 5.56. The lowest BCUT2D eigenvalue weighted by Crippen LogP contribution is -2.57. The summed E-state index contributed by atoms with van der Waals surface area (Å²) in [5, 5.41) is 38.3. The maximum absolute atomic E-state index is 9.87. The van der Waals surface area contributed by atoms with Gasteiger partial charge in [-0.25, -0.2) is 0 Å². The summed E-state index contributed by atoms with van der Waals surface area (Å²) in [5.74, 6) is 0. The van der Waals surface area contributed by atoms with E-state index >= 15 is 0 Å². The highest BCUT2D eigenvalue weighted by Crippen LogP contribution is 2.33. The van der Waals surface area contributed by atoms with Crippen molar-refractivity contribution in [2.24, 2.45) is 0 Å². The van der Waals surface area contributed by atoms with Crippen LogP contribution in [0.25, 0.3) is 0 Å². The number of aliphatic hydroxyl groups is 4. The number of hydrogen-bond donors (Lipinski definition) is 5. The van der Waals surface area contributed by atoms with Crippen molar-refractivity contribution in [2.45, 2.75) is 34.7 Å². The SMILES string of the molecule is Nc1ccc(S[C@@H]2OC(CO)[C@H](O)C(O)C2O)cc1. The molecule has 0 amide bonds. The molecule has 6 N–H and O–H groups in total. The summed E-state index contributed by atoms with van der Waals surface area (Å²) in [6.45, 7) is -0.427. The van der Waals surface area contributed by atoms with Gasteiger partial charge in [-0.05, 0) is 24.3 Å². The Morgan fingerprint density at radius 3 is 2.26 bits per heavy atom. The summed E-state index contributed by atoms with van der Waals surface area (Å²) in [7, 11) is 0. The fourth-order valence-electron chi connectivity index (χ4n) is 1.85. The lowest BCUT2D eigenvalue weighted by molar-refractivity contribution is -0.205. The predicted molar refractivity (Wildman–Crippen MR) is 70.5 cm³/mol. The van der Waals surface area contributed by atoms with Gasteiger partial charge in [0.05, 0.1) is 6.61 Å². The topological polar surface area (TPSA) is 116 Å². The number of benzene rings is 1. The van der Waals surface area contributed by atoms with Crippen LogP contribution in [0.4, 0.5) is 5.69 Å². The fourth-order valence-corrected chi connectivity index (χ4v) is 2.91. The van der Waals surface area contributed by atoms with Crippen molar-refractivity contribution in [3.8, 4) is 0 Å². The molecule has 0 radical (unpaired) electrons. The summed E-state index contributed by atoms with van der Waals surface area (Å²) in [5.41, 5.74) is 5.43. The standard InChI is InChI=1S/C12H17NO5S/c13-6-1-3-7(4-2-6)19-12-11(17)10(16)9(15)8(5-14)18-12/h1-4,8-12,14-17H,5,13H2/t8?,9-,10?,11?,12-/m0/s1. The average molecular weight is 287 g/mol. The van der Waals surface area contributed by atoms with E-state index < -0.39 is 36.5 Å². The van der Waals surface area contributed by atoms with Crippen LogP contribution in [0.15, 0.2) is 29.2 Å². The van der Waals surface area contributed by atoms with Gasteiger partial charge >= 0.3 is 0 Å². The molecule has 6 nitrogen and oxygen atoms in total. The van der Waals surface area contributed by atoms with Gasteiger partial charge in [-0.3, -0.25) is 0 Å². The molecule has 7 heteroatoms. The van der Waals surface area contributed by atoms with Gasteiger partial charge in [0.1, 0.15) is 29.9 Å². The molecule has 0 saturated carbocycles. The number of thioether (sulfide) groups is 1. The van der Waals surface area contributed by atoms with Crippen molar-refractivity contribution in [3.63, 3.8) is 0 Å². The van der Waals surface area contributed by atoms with Crippen LogP contribution in [0.2, 0.25) is 0 Å². The van der Waals surface area contributed by atoms with Gasteiger partial charge in [0.2, 0.25) is 0 Å². The minimum Gasteiger partial charge on any atom is -0.399 e. The average Bonchev–Trinajstić information content (AvgIpc) is 2.42. The Morgan fingerprint density at radius 1 is 1.05 bits per heavy atom. The Bertz CT molecular complexity index is 413. The van der Waals surface area contributed by atoms with E-state index in [9.17, 15) is 15.3 Å². The molecule has 1 aliphatic heterocycles. The normalized spacial score (nSPS) is 35.3. The van der Waals surface area contributed by atoms with Gasteiger partial charge in [0, 0.05) is 10.6 Å². The lowest BCUT2D eigenvalue weighted by atomic mass is 10.0. The van der Waals surface area contributed by atoms with Crippen LogP contribution in [0.5, 0.6) is 0 Å². The summed E-state index contributed by atoms with van der Waals surface area (Å²) in [6.07, 6.45) is -4.80. The smallest absolute Gasteiger partial charge is 0.136 e. The third-order valence-electron chi connectivity index (χ3n) is 2.98. The van der Waals surface area contributed by atoms with E-state index in [0.717, 1.165) is 4.90 Å². The molecule has 5 atom stereocenters. The zero-order chi connectivity index (χ0) is 14.0. The zero-order valence-corrected chi connectivity index (χ0v) is 10.9. The van der Waals surface area contributed by atoms with Crippen LogP contribution in [-0.2, 0) is 4.74 Å². The first-order valence-electron chi connectivity index (χ1n) is 5.85. The van der Waals surface area contributed by atoms with Gasteiger partial charge in [0.15, 0.2) is 0 Å². The van der Waals surface area contributed by atoms with Crippen molar-refractivity contribution in [3.05, 3.63) is 24.3 Å². The molecule has 0 bridgehead atoms. The van der Waals surface area contributed by atoms with E-state index in [1.54, 1.807) is 24.3 Å². The molecule has 106 valence electrons. The summed E-state index contributed by atoms with van der Waals surface area (Å²) < 4.78 is 5.39. The number of anilines is 1. The molecular weight excluding hydrogens is 270 g/mol. The highest BCUT2D eigenvalue weighted by Gasteiger charge is 2.43. The summed E-state index contributed by atoms with van der Waals surface area (Å²) >= 11 is 1.20. The molecule has 1 aromatic carbocycles. The van der Waals surface area contributed by atoms with Gasteiger partial charge in [-0.1, -0.05) is 11.8 Å². The van der Waals surface area contributed by atoms with Crippen LogP contribution in [-0.4, -0.2) is 56.9 Å². The van der Waals surface area contributed by atoms with Crippen molar-refractivity contribution < 1.29 is 25.2 Å². The number of nitrogen functional groups attached to an aromatic ring is 1. The molecule has 0 aliphatic carbocycles. The first-order valence-corrected chi connectivity index (χ1v) is 6.73. The number of nitrogens with two attached hydrogens (primary N) is 1. The van der Waals surface area contributed by atoms with E-state index in [4.69, 9.17) is 15.6 Å². The molecule has 1 fully saturated rings. The highest BCUT2D eigenvalue weighted by atomic mass is 32.2. The number of aliphatic hydroxyl groups excluding tert-OH is 4. The van der Waals surface area contributed by atoms with Crippen molar-refractivity contribution in [2.75, 3.05) is 12.3 Å². The molecule has 19 heavy (non-hydrogen) atoms. The first-order chi connectivity index (χ1) is 9.02. The second kappa shape index (κ2) is 6.08. The van der Waals surface area contributed by atoms with Crippen molar-refractivity contribution in [1.82, 2.24) is 0 Å². The fraction of sp³-hybridized carbons (Fsp3) is 0.500.